The molecule has 0 saturated heterocycles. The van der Waals surface area contributed by atoms with E-state index in [9.17, 15) is 10.1 Å². The van der Waals surface area contributed by atoms with E-state index in [4.69, 9.17) is 9.26 Å². The van der Waals surface area contributed by atoms with Gasteiger partial charge < -0.3 is 14.6 Å². The maximum atomic E-state index is 12.0. The Hall–Kier alpha value is -2.88. The summed E-state index contributed by atoms with van der Waals surface area (Å²) in [5.74, 6) is 1.18. The van der Waals surface area contributed by atoms with Crippen LogP contribution in [0.2, 0.25) is 0 Å². The molecule has 0 bridgehead atoms. The Bertz CT molecular complexity index is 746. The number of nitrogens with one attached hydrogen (secondary N) is 1. The highest BCUT2D eigenvalue weighted by atomic mass is 16.5. The molecule has 2 aromatic rings. The summed E-state index contributed by atoms with van der Waals surface area (Å²) in [7, 11) is 0. The third kappa shape index (κ3) is 4.10. The Morgan fingerprint density at radius 3 is 2.58 bits per heavy atom. The van der Waals surface area contributed by atoms with Crippen LogP contribution in [0.1, 0.15) is 26.7 Å². The van der Waals surface area contributed by atoms with Crippen LogP contribution in [0.25, 0.3) is 11.4 Å². The van der Waals surface area contributed by atoms with Gasteiger partial charge in [-0.2, -0.15) is 10.2 Å². The van der Waals surface area contributed by atoms with E-state index in [2.05, 4.69) is 21.5 Å². The van der Waals surface area contributed by atoms with Crippen molar-refractivity contribution in [1.82, 2.24) is 15.5 Å². The zero-order valence-electron chi connectivity index (χ0n) is 14.2. The molecule has 1 N–H and O–H groups in total. The van der Waals surface area contributed by atoms with Gasteiger partial charge in [-0.1, -0.05) is 19.0 Å². The van der Waals surface area contributed by atoms with Crippen LogP contribution in [-0.4, -0.2) is 28.2 Å². The van der Waals surface area contributed by atoms with Crippen molar-refractivity contribution < 1.29 is 14.1 Å². The van der Waals surface area contributed by atoms with E-state index < -0.39 is 5.54 Å². The molecule has 2 rings (SSSR count). The van der Waals surface area contributed by atoms with E-state index in [1.807, 2.05) is 13.8 Å². The van der Waals surface area contributed by atoms with Gasteiger partial charge in [0.05, 0.1) is 6.07 Å². The largest absolute Gasteiger partial charge is 0.484 e. The Balaban J connectivity index is 1.93. The van der Waals surface area contributed by atoms with Gasteiger partial charge in [-0.3, -0.25) is 4.79 Å². The summed E-state index contributed by atoms with van der Waals surface area (Å²) < 4.78 is 10.4. The van der Waals surface area contributed by atoms with Crippen LogP contribution >= 0.6 is 0 Å². The fraction of sp³-hybridized carbons (Fsp3) is 0.412. The van der Waals surface area contributed by atoms with Gasteiger partial charge in [0.1, 0.15) is 11.3 Å². The molecule has 0 aliphatic heterocycles. The molecule has 1 atom stereocenters. The number of nitrogens with zero attached hydrogens (tertiary/aromatic N) is 3. The van der Waals surface area contributed by atoms with Crippen molar-refractivity contribution in [2.45, 2.75) is 33.2 Å². The maximum Gasteiger partial charge on any atom is 0.259 e. The summed E-state index contributed by atoms with van der Waals surface area (Å²) in [4.78, 5) is 16.1. The predicted octanol–water partition coefficient (Wildman–Crippen LogP) is 2.48. The lowest BCUT2D eigenvalue weighted by Crippen LogP contribution is -2.50. The van der Waals surface area contributed by atoms with Gasteiger partial charge >= 0.3 is 0 Å². The highest BCUT2D eigenvalue weighted by Crippen LogP contribution is 2.20. The molecule has 0 unspecified atom stereocenters. The Kier molecular flexibility index (Phi) is 5.19. The molecule has 1 amide bonds. The molecule has 1 heterocycles. The van der Waals surface area contributed by atoms with E-state index >= 15 is 0 Å². The predicted molar refractivity (Wildman–Crippen MR) is 87.0 cm³/mol. The summed E-state index contributed by atoms with van der Waals surface area (Å²) in [6.07, 6.45) is 0. The van der Waals surface area contributed by atoms with Crippen molar-refractivity contribution in [3.63, 3.8) is 0 Å². The number of ether oxygens (including phenoxy) is 1. The lowest BCUT2D eigenvalue weighted by Gasteiger charge is -2.27. The van der Waals surface area contributed by atoms with Crippen LogP contribution in [0.5, 0.6) is 5.75 Å². The second kappa shape index (κ2) is 7.13. The second-order valence-electron chi connectivity index (χ2n) is 5.97. The van der Waals surface area contributed by atoms with Crippen LogP contribution in [0.3, 0.4) is 0 Å². The van der Waals surface area contributed by atoms with Crippen molar-refractivity contribution in [2.75, 3.05) is 6.61 Å². The number of carbonyl (C=O) groups is 1. The van der Waals surface area contributed by atoms with Crippen LogP contribution in [0.15, 0.2) is 28.8 Å². The number of nitriles is 1. The zero-order valence-corrected chi connectivity index (χ0v) is 14.2. The quantitative estimate of drug-likeness (QED) is 0.874. The standard InChI is InChI=1S/C17H20N4O3/c1-11(2)17(4,10-18)20-15(22)9-23-14-7-5-13(6-8-14)16-19-12(3)24-21-16/h5-8,11H,9H2,1-4H3,(H,20,22)/t17-/m0/s1. The van der Waals surface area contributed by atoms with Crippen molar-refractivity contribution in [3.05, 3.63) is 30.2 Å². The third-order valence-corrected chi connectivity index (χ3v) is 3.80. The zero-order chi connectivity index (χ0) is 17.7. The first-order valence-electron chi connectivity index (χ1n) is 7.60. The van der Waals surface area contributed by atoms with Gasteiger partial charge in [-0.05, 0) is 37.1 Å². The molecule has 0 aliphatic carbocycles. The number of hydrogen-bond acceptors (Lipinski definition) is 6. The van der Waals surface area contributed by atoms with Crippen molar-refractivity contribution >= 4 is 5.91 Å². The van der Waals surface area contributed by atoms with Crippen LogP contribution in [0, 0.1) is 24.2 Å². The fourth-order valence-corrected chi connectivity index (χ4v) is 1.89. The van der Waals surface area contributed by atoms with Gasteiger partial charge in [0.15, 0.2) is 6.61 Å². The number of hydrogen-bond donors (Lipinski definition) is 1. The van der Waals surface area contributed by atoms with Crippen LogP contribution < -0.4 is 10.1 Å². The van der Waals surface area contributed by atoms with E-state index in [-0.39, 0.29) is 18.4 Å². The first-order valence-corrected chi connectivity index (χ1v) is 7.60. The summed E-state index contributed by atoms with van der Waals surface area (Å²) in [5, 5.41) is 15.7. The Morgan fingerprint density at radius 2 is 2.08 bits per heavy atom. The summed E-state index contributed by atoms with van der Waals surface area (Å²) in [6.45, 7) is 7.01. The molecule has 1 aromatic heterocycles. The fourth-order valence-electron chi connectivity index (χ4n) is 1.89. The smallest absolute Gasteiger partial charge is 0.259 e. The molecule has 7 nitrogen and oxygen atoms in total. The van der Waals surface area contributed by atoms with Crippen LogP contribution in [0.4, 0.5) is 0 Å². The summed E-state index contributed by atoms with van der Waals surface area (Å²) in [5.41, 5.74) is -0.124. The lowest BCUT2D eigenvalue weighted by molar-refractivity contribution is -0.124. The summed E-state index contributed by atoms with van der Waals surface area (Å²) >= 11 is 0. The number of benzene rings is 1. The molecule has 0 fully saturated rings. The van der Waals surface area contributed by atoms with Gasteiger partial charge in [0.2, 0.25) is 11.7 Å². The Morgan fingerprint density at radius 1 is 1.42 bits per heavy atom. The second-order valence-corrected chi connectivity index (χ2v) is 5.97. The molecule has 0 saturated carbocycles. The SMILES string of the molecule is Cc1nc(-c2ccc(OCC(=O)N[C@@](C)(C#N)C(C)C)cc2)no1. The van der Waals surface area contributed by atoms with E-state index in [1.54, 1.807) is 38.1 Å². The number of aromatic nitrogens is 2. The molecular formula is C17H20N4O3. The number of carbonyl (C=O) groups excluding carboxylic acids is 1. The molecule has 1 aromatic carbocycles. The van der Waals surface area contributed by atoms with Crippen molar-refractivity contribution in [1.29, 1.82) is 5.26 Å². The first kappa shape index (κ1) is 17.5. The van der Waals surface area contributed by atoms with Crippen molar-refractivity contribution in [3.8, 4) is 23.2 Å². The Labute approximate surface area is 140 Å². The highest BCUT2D eigenvalue weighted by molar-refractivity contribution is 5.78. The van der Waals surface area contributed by atoms with E-state index in [0.717, 1.165) is 5.56 Å². The normalized spacial score (nSPS) is 13.2. The lowest BCUT2D eigenvalue weighted by atomic mass is 9.90. The van der Waals surface area contributed by atoms with E-state index in [0.29, 0.717) is 17.5 Å². The average molecular weight is 328 g/mol. The molecule has 0 aliphatic rings. The van der Waals surface area contributed by atoms with Crippen LogP contribution in [-0.2, 0) is 4.79 Å². The molecule has 7 heteroatoms. The minimum absolute atomic E-state index is 0.0100. The number of rotatable bonds is 6. The van der Waals surface area contributed by atoms with Crippen molar-refractivity contribution in [2.24, 2.45) is 5.92 Å². The monoisotopic (exact) mass is 328 g/mol. The topological polar surface area (TPSA) is 101 Å². The molecule has 126 valence electrons. The minimum Gasteiger partial charge on any atom is -0.484 e. The van der Waals surface area contributed by atoms with E-state index in [1.165, 1.54) is 0 Å². The van der Waals surface area contributed by atoms with Gasteiger partial charge in [0, 0.05) is 12.5 Å². The highest BCUT2D eigenvalue weighted by Gasteiger charge is 2.29. The molecule has 0 radical (unpaired) electrons. The molecule has 0 spiro atoms. The molecular weight excluding hydrogens is 308 g/mol. The van der Waals surface area contributed by atoms with Gasteiger partial charge in [-0.15, -0.1) is 0 Å². The first-order chi connectivity index (χ1) is 11.3. The van der Waals surface area contributed by atoms with Gasteiger partial charge in [-0.25, -0.2) is 0 Å². The summed E-state index contributed by atoms with van der Waals surface area (Å²) in [6, 6.07) is 9.13. The third-order valence-electron chi connectivity index (χ3n) is 3.80. The average Bonchev–Trinajstić information content (AvgIpc) is 2.99. The molecule has 24 heavy (non-hydrogen) atoms. The van der Waals surface area contributed by atoms with Gasteiger partial charge in [0.25, 0.3) is 5.91 Å². The number of aryl methyl sites for hydroxylation is 1. The minimum atomic E-state index is -0.916. The maximum absolute atomic E-state index is 12.0. The number of amides is 1.